The van der Waals surface area contributed by atoms with Gasteiger partial charge in [0, 0.05) is 18.8 Å². The monoisotopic (exact) mass is 278 g/mol. The van der Waals surface area contributed by atoms with Crippen LogP contribution in [0.15, 0.2) is 18.3 Å². The molecule has 20 heavy (non-hydrogen) atoms. The van der Waals surface area contributed by atoms with E-state index >= 15 is 0 Å². The van der Waals surface area contributed by atoms with Crippen LogP contribution in [0.3, 0.4) is 0 Å². The summed E-state index contributed by atoms with van der Waals surface area (Å²) in [6, 6.07) is 2.75. The molecule has 1 fully saturated rings. The van der Waals surface area contributed by atoms with E-state index in [4.69, 9.17) is 10.5 Å². The van der Waals surface area contributed by atoms with E-state index in [1.807, 2.05) is 6.92 Å². The molecular formula is C13H18N4O3. The van der Waals surface area contributed by atoms with Crippen molar-refractivity contribution in [3.8, 4) is 0 Å². The number of rotatable bonds is 3. The molecule has 1 aromatic rings. The van der Waals surface area contributed by atoms with E-state index in [1.165, 1.54) is 12.3 Å². The molecule has 0 radical (unpaired) electrons. The molecule has 0 aliphatic carbocycles. The molecule has 7 nitrogen and oxygen atoms in total. The summed E-state index contributed by atoms with van der Waals surface area (Å²) in [6.45, 7) is 3.28. The van der Waals surface area contributed by atoms with Crippen LogP contribution in [0.25, 0.3) is 0 Å². The molecular weight excluding hydrogens is 260 g/mol. The van der Waals surface area contributed by atoms with Gasteiger partial charge in [0.2, 0.25) is 0 Å². The van der Waals surface area contributed by atoms with Crippen molar-refractivity contribution < 1.29 is 14.3 Å². The highest BCUT2D eigenvalue weighted by Gasteiger charge is 2.28. The number of amides is 3. The van der Waals surface area contributed by atoms with Crippen LogP contribution < -0.4 is 16.4 Å². The lowest BCUT2D eigenvalue weighted by Crippen LogP contribution is -2.51. The van der Waals surface area contributed by atoms with E-state index in [2.05, 4.69) is 15.6 Å². The Kier molecular flexibility index (Phi) is 4.19. The minimum absolute atomic E-state index is 0.160. The Morgan fingerprint density at radius 2 is 2.05 bits per heavy atom. The van der Waals surface area contributed by atoms with Gasteiger partial charge in [-0.15, -0.1) is 0 Å². The highest BCUT2D eigenvalue weighted by molar-refractivity contribution is 5.92. The van der Waals surface area contributed by atoms with E-state index < -0.39 is 5.91 Å². The highest BCUT2D eigenvalue weighted by atomic mass is 16.5. The zero-order valence-corrected chi connectivity index (χ0v) is 11.3. The lowest BCUT2D eigenvalue weighted by molar-refractivity contribution is 0.0499. The fourth-order valence-corrected chi connectivity index (χ4v) is 2.00. The Labute approximate surface area is 116 Å². The molecule has 108 valence electrons. The molecule has 1 aliphatic rings. The van der Waals surface area contributed by atoms with Gasteiger partial charge in [-0.25, -0.2) is 9.78 Å². The zero-order valence-electron chi connectivity index (χ0n) is 11.3. The summed E-state index contributed by atoms with van der Waals surface area (Å²) in [7, 11) is 0. The number of anilines is 1. The maximum absolute atomic E-state index is 11.9. The summed E-state index contributed by atoms with van der Waals surface area (Å²) in [5, 5.41) is 5.61. The van der Waals surface area contributed by atoms with Crippen LogP contribution in [0.2, 0.25) is 0 Å². The smallest absolute Gasteiger partial charge is 0.319 e. The van der Waals surface area contributed by atoms with E-state index in [1.54, 1.807) is 6.07 Å². The average molecular weight is 278 g/mol. The van der Waals surface area contributed by atoms with Crippen LogP contribution in [0.4, 0.5) is 10.5 Å². The van der Waals surface area contributed by atoms with Crippen molar-refractivity contribution in [2.45, 2.75) is 25.3 Å². The zero-order chi connectivity index (χ0) is 14.6. The summed E-state index contributed by atoms with van der Waals surface area (Å²) in [5.41, 5.74) is 5.49. The third-order valence-corrected chi connectivity index (χ3v) is 3.29. The van der Waals surface area contributed by atoms with Crippen molar-refractivity contribution in [3.63, 3.8) is 0 Å². The van der Waals surface area contributed by atoms with Gasteiger partial charge in [0.1, 0.15) is 5.69 Å². The number of hydrogen-bond acceptors (Lipinski definition) is 4. The predicted molar refractivity (Wildman–Crippen MR) is 73.4 cm³/mol. The number of nitrogens with two attached hydrogens (primary N) is 1. The summed E-state index contributed by atoms with van der Waals surface area (Å²) in [6.07, 6.45) is 2.95. The van der Waals surface area contributed by atoms with Crippen molar-refractivity contribution in [2.24, 2.45) is 5.73 Å². The number of carbonyl (C=O) groups excluding carboxylic acids is 2. The van der Waals surface area contributed by atoms with Crippen molar-refractivity contribution in [1.29, 1.82) is 0 Å². The van der Waals surface area contributed by atoms with Gasteiger partial charge in [0.15, 0.2) is 0 Å². The number of hydrogen-bond donors (Lipinski definition) is 3. The van der Waals surface area contributed by atoms with Crippen molar-refractivity contribution in [3.05, 3.63) is 24.0 Å². The predicted octanol–water partition coefficient (Wildman–Crippen LogP) is 0.871. The minimum Gasteiger partial charge on any atom is -0.381 e. The molecule has 0 spiro atoms. The van der Waals surface area contributed by atoms with Crippen LogP contribution in [-0.2, 0) is 4.74 Å². The second-order valence-electron chi connectivity index (χ2n) is 5.05. The minimum atomic E-state index is -0.601. The number of urea groups is 1. The van der Waals surface area contributed by atoms with Gasteiger partial charge in [-0.1, -0.05) is 0 Å². The van der Waals surface area contributed by atoms with E-state index in [0.717, 1.165) is 12.8 Å². The lowest BCUT2D eigenvalue weighted by Gasteiger charge is -2.34. The summed E-state index contributed by atoms with van der Waals surface area (Å²) in [5.74, 6) is -0.601. The summed E-state index contributed by atoms with van der Waals surface area (Å²) < 4.78 is 5.27. The first-order chi connectivity index (χ1) is 9.48. The topological polar surface area (TPSA) is 106 Å². The Morgan fingerprint density at radius 1 is 1.35 bits per heavy atom. The quantitative estimate of drug-likeness (QED) is 0.762. The van der Waals surface area contributed by atoms with Gasteiger partial charge < -0.3 is 21.1 Å². The summed E-state index contributed by atoms with van der Waals surface area (Å²) in [4.78, 5) is 26.7. The molecule has 0 bridgehead atoms. The van der Waals surface area contributed by atoms with Gasteiger partial charge in [-0.3, -0.25) is 4.79 Å². The summed E-state index contributed by atoms with van der Waals surface area (Å²) >= 11 is 0. The molecule has 1 aliphatic heterocycles. The Balaban J connectivity index is 1.92. The molecule has 0 aromatic carbocycles. The second-order valence-corrected chi connectivity index (χ2v) is 5.05. The van der Waals surface area contributed by atoms with Crippen LogP contribution >= 0.6 is 0 Å². The average Bonchev–Trinajstić information content (AvgIpc) is 2.39. The first-order valence-electron chi connectivity index (χ1n) is 6.41. The van der Waals surface area contributed by atoms with Gasteiger partial charge >= 0.3 is 6.03 Å². The molecule has 0 atom stereocenters. The number of nitrogens with zero attached hydrogens (tertiary/aromatic N) is 1. The maximum Gasteiger partial charge on any atom is 0.319 e. The molecule has 3 amide bonds. The SMILES string of the molecule is CC1(NC(=O)Nc2ccc(C(N)=O)nc2)CCOCC1. The molecule has 1 aromatic heterocycles. The molecule has 4 N–H and O–H groups in total. The third kappa shape index (κ3) is 3.67. The second kappa shape index (κ2) is 5.87. The van der Waals surface area contributed by atoms with Gasteiger partial charge in [-0.05, 0) is 31.9 Å². The number of aromatic nitrogens is 1. The largest absolute Gasteiger partial charge is 0.381 e. The number of carbonyl (C=O) groups is 2. The van der Waals surface area contributed by atoms with Crippen LogP contribution in [0.1, 0.15) is 30.3 Å². The Bertz CT molecular complexity index is 495. The van der Waals surface area contributed by atoms with E-state index in [-0.39, 0.29) is 17.3 Å². The van der Waals surface area contributed by atoms with Crippen molar-refractivity contribution in [1.82, 2.24) is 10.3 Å². The third-order valence-electron chi connectivity index (χ3n) is 3.29. The highest BCUT2D eigenvalue weighted by Crippen LogP contribution is 2.19. The van der Waals surface area contributed by atoms with E-state index in [9.17, 15) is 9.59 Å². The molecule has 0 saturated carbocycles. The molecule has 7 heteroatoms. The van der Waals surface area contributed by atoms with Crippen LogP contribution in [0.5, 0.6) is 0 Å². The normalized spacial score (nSPS) is 17.2. The Hall–Kier alpha value is -2.15. The first-order valence-corrected chi connectivity index (χ1v) is 6.41. The maximum atomic E-state index is 11.9. The molecule has 2 heterocycles. The van der Waals surface area contributed by atoms with Gasteiger partial charge in [-0.2, -0.15) is 0 Å². The molecule has 0 unspecified atom stereocenters. The van der Waals surface area contributed by atoms with Crippen molar-refractivity contribution >= 4 is 17.6 Å². The van der Waals surface area contributed by atoms with Crippen LogP contribution in [-0.4, -0.2) is 35.7 Å². The molecule has 1 saturated heterocycles. The van der Waals surface area contributed by atoms with Crippen molar-refractivity contribution in [2.75, 3.05) is 18.5 Å². The fraction of sp³-hybridized carbons (Fsp3) is 0.462. The fourth-order valence-electron chi connectivity index (χ4n) is 2.00. The number of primary amides is 1. The number of pyridine rings is 1. The standard InChI is InChI=1S/C13H18N4O3/c1-13(4-6-20-7-5-13)17-12(19)16-9-2-3-10(11(14)18)15-8-9/h2-3,8H,4-7H2,1H3,(H2,14,18)(H2,16,17,19). The van der Waals surface area contributed by atoms with Crippen LogP contribution in [0, 0.1) is 0 Å². The van der Waals surface area contributed by atoms with E-state index in [0.29, 0.717) is 18.9 Å². The van der Waals surface area contributed by atoms with Gasteiger partial charge in [0.25, 0.3) is 5.91 Å². The lowest BCUT2D eigenvalue weighted by atomic mass is 9.93. The number of nitrogens with one attached hydrogen (secondary N) is 2. The molecule has 2 rings (SSSR count). The Morgan fingerprint density at radius 3 is 2.60 bits per heavy atom. The number of ether oxygens (including phenoxy) is 1. The van der Waals surface area contributed by atoms with Gasteiger partial charge in [0.05, 0.1) is 11.9 Å². The first kappa shape index (κ1) is 14.3.